The van der Waals surface area contributed by atoms with Crippen LogP contribution < -0.4 is 14.8 Å². The lowest BCUT2D eigenvalue weighted by Gasteiger charge is -2.19. The number of amides is 1. The van der Waals surface area contributed by atoms with E-state index in [0.29, 0.717) is 48.0 Å². The Hall–Kier alpha value is -3.38. The maximum absolute atomic E-state index is 12.7. The molecule has 2 aliphatic heterocycles. The van der Waals surface area contributed by atoms with Gasteiger partial charge in [-0.2, -0.15) is 0 Å². The summed E-state index contributed by atoms with van der Waals surface area (Å²) < 4.78 is 12.3. The lowest BCUT2D eigenvalue weighted by Crippen LogP contribution is -2.20. The molecule has 1 fully saturated rings. The number of rotatable bonds is 6. The number of anilines is 1. The number of aryl methyl sites for hydroxylation is 1. The fourth-order valence-electron chi connectivity index (χ4n) is 5.08. The van der Waals surface area contributed by atoms with E-state index in [0.717, 1.165) is 28.0 Å². The van der Waals surface area contributed by atoms with Crippen molar-refractivity contribution in [2.24, 2.45) is 5.92 Å². The van der Waals surface area contributed by atoms with Gasteiger partial charge in [0, 0.05) is 53.4 Å². The minimum absolute atomic E-state index is 0.0307. The lowest BCUT2D eigenvalue weighted by atomic mass is 10.0. The number of carbonyl (C=O) groups is 2. The molecule has 1 saturated carbocycles. The molecule has 3 atom stereocenters. The molecule has 0 radical (unpaired) electrons. The summed E-state index contributed by atoms with van der Waals surface area (Å²) in [6.45, 7) is 1.98. The van der Waals surface area contributed by atoms with Gasteiger partial charge in [0.15, 0.2) is 0 Å². The average molecular weight is 475 g/mol. The summed E-state index contributed by atoms with van der Waals surface area (Å²) in [4.78, 5) is 28.7. The first kappa shape index (κ1) is 21.2. The Bertz CT molecular complexity index is 1340. The summed E-state index contributed by atoms with van der Waals surface area (Å²) in [7, 11) is 0. The van der Waals surface area contributed by atoms with Crippen LogP contribution >= 0.6 is 11.6 Å². The van der Waals surface area contributed by atoms with Crippen molar-refractivity contribution in [1.29, 1.82) is 0 Å². The normalized spacial score (nSPS) is 21.6. The number of Topliss-reactive ketones (excluding diaryl/α,β-unsaturated/α-hetero) is 1. The van der Waals surface area contributed by atoms with Gasteiger partial charge in [-0.05, 0) is 54.8 Å². The number of nitrogens with one attached hydrogen (secondary N) is 1. The van der Waals surface area contributed by atoms with Crippen molar-refractivity contribution in [2.45, 2.75) is 44.6 Å². The van der Waals surface area contributed by atoms with E-state index >= 15 is 0 Å². The van der Waals surface area contributed by atoms with Crippen LogP contribution in [0.1, 0.15) is 41.0 Å². The molecule has 3 aromatic rings. The Morgan fingerprint density at radius 2 is 2.09 bits per heavy atom. The van der Waals surface area contributed by atoms with Crippen LogP contribution in [0.3, 0.4) is 0 Å². The lowest BCUT2D eigenvalue weighted by molar-refractivity contribution is -0.119. The molecule has 0 saturated heterocycles. The predicted octanol–water partition coefficient (Wildman–Crippen LogP) is 5.40. The molecule has 3 heterocycles. The van der Waals surface area contributed by atoms with E-state index in [1.807, 2.05) is 49.4 Å². The number of nitrogens with zero attached hydrogens (tertiary/aromatic N) is 1. The molecule has 172 valence electrons. The van der Waals surface area contributed by atoms with Crippen LogP contribution in [0.25, 0.3) is 0 Å². The van der Waals surface area contributed by atoms with Gasteiger partial charge in [-0.15, -0.1) is 0 Å². The first-order valence-corrected chi connectivity index (χ1v) is 11.9. The molecule has 0 unspecified atom stereocenters. The van der Waals surface area contributed by atoms with Crippen LogP contribution in [-0.4, -0.2) is 22.8 Å². The van der Waals surface area contributed by atoms with Gasteiger partial charge < -0.3 is 14.8 Å². The number of pyridine rings is 1. The van der Waals surface area contributed by atoms with Gasteiger partial charge in [0.2, 0.25) is 5.91 Å². The van der Waals surface area contributed by atoms with Crippen LogP contribution in [0.5, 0.6) is 17.2 Å². The highest BCUT2D eigenvalue weighted by Crippen LogP contribution is 2.60. The summed E-state index contributed by atoms with van der Waals surface area (Å²) >= 11 is 6.31. The third kappa shape index (κ3) is 3.82. The van der Waals surface area contributed by atoms with Gasteiger partial charge in [-0.1, -0.05) is 23.7 Å². The van der Waals surface area contributed by atoms with E-state index in [1.54, 1.807) is 6.20 Å². The number of ether oxygens (including phenoxy) is 2. The molecule has 7 heteroatoms. The number of carbonyl (C=O) groups excluding carboxylic acids is 2. The van der Waals surface area contributed by atoms with Crippen molar-refractivity contribution in [3.63, 3.8) is 0 Å². The molecule has 3 aliphatic rings. The fourth-order valence-corrected chi connectivity index (χ4v) is 5.38. The van der Waals surface area contributed by atoms with E-state index in [9.17, 15) is 9.59 Å². The number of halogens is 1. The smallest absolute Gasteiger partial charge is 0.225 e. The number of ketones is 1. The maximum Gasteiger partial charge on any atom is 0.225 e. The second kappa shape index (κ2) is 8.13. The summed E-state index contributed by atoms with van der Waals surface area (Å²) in [5.74, 6) is 3.36. The van der Waals surface area contributed by atoms with Gasteiger partial charge in [-0.25, -0.2) is 4.98 Å². The van der Waals surface area contributed by atoms with Gasteiger partial charge in [-0.3, -0.25) is 9.59 Å². The largest absolute Gasteiger partial charge is 0.489 e. The molecular formula is C27H23ClN2O4. The van der Waals surface area contributed by atoms with Crippen LogP contribution in [0.15, 0.2) is 48.7 Å². The average Bonchev–Trinajstić information content (AvgIpc) is 3.32. The molecule has 34 heavy (non-hydrogen) atoms. The number of aromatic nitrogens is 1. The van der Waals surface area contributed by atoms with Crippen molar-refractivity contribution < 1.29 is 19.1 Å². The van der Waals surface area contributed by atoms with Crippen LogP contribution in [0.2, 0.25) is 5.02 Å². The second-order valence-electron chi connectivity index (χ2n) is 9.27. The number of hydrogen-bond acceptors (Lipinski definition) is 5. The van der Waals surface area contributed by atoms with Gasteiger partial charge in [0.1, 0.15) is 35.0 Å². The number of fused-ring (bicyclic) bond motifs is 4. The molecular weight excluding hydrogens is 452 g/mol. The topological polar surface area (TPSA) is 77.5 Å². The summed E-state index contributed by atoms with van der Waals surface area (Å²) in [6, 6.07) is 13.4. The minimum atomic E-state index is -0.0307. The zero-order chi connectivity index (χ0) is 23.4. The highest BCUT2D eigenvalue weighted by Gasteiger charge is 2.59. The van der Waals surface area contributed by atoms with Crippen molar-refractivity contribution in [2.75, 3.05) is 5.32 Å². The van der Waals surface area contributed by atoms with E-state index in [1.165, 1.54) is 0 Å². The number of hydrogen-bond donors (Lipinski definition) is 1. The Morgan fingerprint density at radius 3 is 2.94 bits per heavy atom. The Balaban J connectivity index is 1.15. The molecule has 6 rings (SSSR count). The zero-order valence-corrected chi connectivity index (χ0v) is 19.4. The molecule has 1 amide bonds. The van der Waals surface area contributed by atoms with Crippen LogP contribution in [0, 0.1) is 12.8 Å². The first-order chi connectivity index (χ1) is 16.5. The highest BCUT2D eigenvalue weighted by atomic mass is 35.5. The molecule has 0 spiro atoms. The number of benzene rings is 2. The van der Waals surface area contributed by atoms with Crippen molar-refractivity contribution in [3.05, 3.63) is 75.9 Å². The van der Waals surface area contributed by atoms with E-state index in [4.69, 9.17) is 21.1 Å². The summed E-state index contributed by atoms with van der Waals surface area (Å²) in [5, 5.41) is 3.44. The summed E-state index contributed by atoms with van der Waals surface area (Å²) in [6.07, 6.45) is 3.51. The van der Waals surface area contributed by atoms with Crippen molar-refractivity contribution >= 4 is 29.1 Å². The minimum Gasteiger partial charge on any atom is -0.489 e. The van der Waals surface area contributed by atoms with E-state index in [-0.39, 0.29) is 29.6 Å². The fraction of sp³-hybridized carbons (Fsp3) is 0.296. The van der Waals surface area contributed by atoms with Gasteiger partial charge >= 0.3 is 0 Å². The third-order valence-electron chi connectivity index (χ3n) is 6.86. The molecule has 1 aromatic heterocycles. The third-order valence-corrected chi connectivity index (χ3v) is 7.21. The predicted molar refractivity (Wildman–Crippen MR) is 128 cm³/mol. The van der Waals surface area contributed by atoms with Gasteiger partial charge in [0.25, 0.3) is 0 Å². The molecule has 1 aliphatic carbocycles. The van der Waals surface area contributed by atoms with Crippen molar-refractivity contribution in [3.8, 4) is 17.2 Å². The SMILES string of the molecule is Cc1ccc(CC(=O)C[C@@H]2[C@H]3Oc4ccc(Oc5ccnc6c5CCC(=O)N6)cc4[C@@H]23)c(Cl)c1. The summed E-state index contributed by atoms with van der Waals surface area (Å²) in [5.41, 5.74) is 3.95. The van der Waals surface area contributed by atoms with E-state index in [2.05, 4.69) is 10.3 Å². The Morgan fingerprint density at radius 1 is 1.21 bits per heavy atom. The van der Waals surface area contributed by atoms with Crippen LogP contribution in [0.4, 0.5) is 5.82 Å². The first-order valence-electron chi connectivity index (χ1n) is 11.5. The van der Waals surface area contributed by atoms with Crippen molar-refractivity contribution in [1.82, 2.24) is 4.98 Å². The molecule has 1 N–H and O–H groups in total. The second-order valence-corrected chi connectivity index (χ2v) is 9.68. The molecule has 2 aromatic carbocycles. The quantitative estimate of drug-likeness (QED) is 0.517. The highest BCUT2D eigenvalue weighted by molar-refractivity contribution is 6.31. The zero-order valence-electron chi connectivity index (χ0n) is 18.6. The molecule has 6 nitrogen and oxygen atoms in total. The monoisotopic (exact) mass is 474 g/mol. The maximum atomic E-state index is 12.7. The van der Waals surface area contributed by atoms with E-state index < -0.39 is 0 Å². The molecule has 0 bridgehead atoms. The van der Waals surface area contributed by atoms with Gasteiger partial charge in [0.05, 0.1) is 0 Å². The van der Waals surface area contributed by atoms with Crippen LogP contribution in [-0.2, 0) is 22.4 Å². The Labute approximate surface area is 202 Å². The standard InChI is InChI=1S/C27H23ClN2O4/c1-14-2-3-15(21(28)10-14)11-16(31)12-20-25-19-13-17(4-6-22(19)34-26(20)25)33-23-8-9-29-27-18(23)5-7-24(32)30-27/h2-4,6,8-10,13,20,25-26H,5,7,11-12H2,1H3,(H,29,30,32)/t20-,25-,26+/m0/s1. The Kier molecular flexibility index (Phi) is 5.06.